The fourth-order valence-electron chi connectivity index (χ4n) is 3.11. The molecule has 1 fully saturated rings. The lowest BCUT2D eigenvalue weighted by Crippen LogP contribution is -2.28. The number of aliphatic hydroxyl groups excluding tert-OH is 1. The predicted molar refractivity (Wildman–Crippen MR) is 79.0 cm³/mol. The highest BCUT2D eigenvalue weighted by Gasteiger charge is 2.50. The zero-order valence-electron chi connectivity index (χ0n) is 12.1. The molecule has 0 unspecified atom stereocenters. The van der Waals surface area contributed by atoms with E-state index in [0.717, 1.165) is 5.70 Å². The second kappa shape index (κ2) is 4.73. The molecule has 0 spiro atoms. The molecule has 8 heteroatoms. The number of imidazole rings is 1. The van der Waals surface area contributed by atoms with Gasteiger partial charge in [0.25, 0.3) is 0 Å². The Kier molecular flexibility index (Phi) is 3.02. The standard InChI is InChI=1S/C14H15ClN4O3/c1-14(2)21-10-7(4-20)3-8(11(10)22-14)19-6-18-9-12(15)16-5-17-13(9)19/h3,5-7,10-11,20H,4H2,1-2H3/t7-,10-,11+/m1/s1. The Hall–Kier alpha value is -1.54. The van der Waals surface area contributed by atoms with Gasteiger partial charge in [-0.05, 0) is 13.8 Å². The van der Waals surface area contributed by atoms with E-state index in [1.54, 1.807) is 6.33 Å². The Bertz CT molecular complexity index is 773. The van der Waals surface area contributed by atoms with E-state index in [1.165, 1.54) is 6.33 Å². The molecule has 1 aliphatic heterocycles. The number of halogens is 1. The topological polar surface area (TPSA) is 82.3 Å². The zero-order valence-corrected chi connectivity index (χ0v) is 12.9. The van der Waals surface area contributed by atoms with Crippen molar-refractivity contribution in [3.8, 4) is 0 Å². The van der Waals surface area contributed by atoms with Gasteiger partial charge in [-0.2, -0.15) is 0 Å². The lowest BCUT2D eigenvalue weighted by atomic mass is 10.1. The van der Waals surface area contributed by atoms with Crippen LogP contribution in [0.25, 0.3) is 16.9 Å². The number of rotatable bonds is 2. The highest BCUT2D eigenvalue weighted by atomic mass is 35.5. The molecule has 3 heterocycles. The largest absolute Gasteiger partial charge is 0.396 e. The minimum Gasteiger partial charge on any atom is -0.396 e. The van der Waals surface area contributed by atoms with E-state index in [4.69, 9.17) is 21.1 Å². The molecule has 2 aliphatic rings. The molecule has 2 aromatic heterocycles. The molecule has 4 rings (SSSR count). The fraction of sp³-hybridized carbons (Fsp3) is 0.500. The summed E-state index contributed by atoms with van der Waals surface area (Å²) in [7, 11) is 0. The summed E-state index contributed by atoms with van der Waals surface area (Å²) in [4.78, 5) is 12.5. The highest BCUT2D eigenvalue weighted by molar-refractivity contribution is 6.33. The second-order valence-electron chi connectivity index (χ2n) is 5.91. The molecule has 1 saturated heterocycles. The van der Waals surface area contributed by atoms with Gasteiger partial charge in [0.05, 0.1) is 12.3 Å². The number of ether oxygens (including phenoxy) is 2. The van der Waals surface area contributed by atoms with Crippen LogP contribution in [-0.2, 0) is 9.47 Å². The number of aliphatic hydroxyl groups is 1. The molecule has 116 valence electrons. The van der Waals surface area contributed by atoms with Gasteiger partial charge < -0.3 is 14.6 Å². The second-order valence-corrected chi connectivity index (χ2v) is 6.27. The number of hydrogen-bond acceptors (Lipinski definition) is 6. The molecule has 0 aromatic carbocycles. The summed E-state index contributed by atoms with van der Waals surface area (Å²) in [6, 6.07) is 0. The molecule has 0 bridgehead atoms. The first-order chi connectivity index (χ1) is 10.5. The number of hydrogen-bond donors (Lipinski definition) is 1. The third kappa shape index (κ3) is 1.97. The van der Waals surface area contributed by atoms with Crippen molar-refractivity contribution in [2.45, 2.75) is 31.8 Å². The molecular weight excluding hydrogens is 308 g/mol. The summed E-state index contributed by atoms with van der Waals surface area (Å²) in [6.45, 7) is 3.72. The van der Waals surface area contributed by atoms with E-state index in [1.807, 2.05) is 24.5 Å². The van der Waals surface area contributed by atoms with Crippen LogP contribution < -0.4 is 0 Å². The Morgan fingerprint density at radius 2 is 2.14 bits per heavy atom. The third-order valence-electron chi connectivity index (χ3n) is 4.01. The first-order valence-electron chi connectivity index (χ1n) is 7.02. The van der Waals surface area contributed by atoms with Crippen molar-refractivity contribution >= 4 is 28.5 Å². The van der Waals surface area contributed by atoms with E-state index in [0.29, 0.717) is 16.3 Å². The van der Waals surface area contributed by atoms with E-state index in [9.17, 15) is 5.11 Å². The summed E-state index contributed by atoms with van der Waals surface area (Å²) in [6.07, 6.45) is 4.49. The smallest absolute Gasteiger partial charge is 0.169 e. The van der Waals surface area contributed by atoms with E-state index < -0.39 is 5.79 Å². The first kappa shape index (κ1) is 14.1. The van der Waals surface area contributed by atoms with Crippen molar-refractivity contribution in [2.75, 3.05) is 6.61 Å². The van der Waals surface area contributed by atoms with Gasteiger partial charge in [-0.15, -0.1) is 0 Å². The minimum atomic E-state index is -0.689. The van der Waals surface area contributed by atoms with Gasteiger partial charge in [-0.3, -0.25) is 4.57 Å². The molecule has 1 aliphatic carbocycles. The maximum atomic E-state index is 9.60. The number of fused-ring (bicyclic) bond motifs is 2. The van der Waals surface area contributed by atoms with Crippen molar-refractivity contribution in [1.29, 1.82) is 0 Å². The number of nitrogens with zero attached hydrogens (tertiary/aromatic N) is 4. The van der Waals surface area contributed by atoms with Gasteiger partial charge in [0.1, 0.15) is 30.4 Å². The van der Waals surface area contributed by atoms with Crippen LogP contribution >= 0.6 is 11.6 Å². The molecule has 0 radical (unpaired) electrons. The van der Waals surface area contributed by atoms with E-state index in [2.05, 4.69) is 15.0 Å². The number of aromatic nitrogens is 4. The van der Waals surface area contributed by atoms with Crippen LogP contribution in [0.3, 0.4) is 0 Å². The van der Waals surface area contributed by atoms with Crippen LogP contribution in [-0.4, -0.2) is 49.2 Å². The molecule has 0 saturated carbocycles. The molecule has 0 amide bonds. The van der Waals surface area contributed by atoms with Crippen LogP contribution in [0.15, 0.2) is 18.7 Å². The van der Waals surface area contributed by atoms with Gasteiger partial charge in [-0.1, -0.05) is 17.7 Å². The van der Waals surface area contributed by atoms with Crippen molar-refractivity contribution in [3.63, 3.8) is 0 Å². The van der Waals surface area contributed by atoms with Crippen LogP contribution in [0, 0.1) is 5.92 Å². The molecule has 3 atom stereocenters. The average molecular weight is 323 g/mol. The van der Waals surface area contributed by atoms with Crippen molar-refractivity contribution in [2.24, 2.45) is 5.92 Å². The average Bonchev–Trinajstić information content (AvgIpc) is 3.10. The maximum absolute atomic E-state index is 9.60. The summed E-state index contributed by atoms with van der Waals surface area (Å²) < 4.78 is 13.7. The van der Waals surface area contributed by atoms with Crippen molar-refractivity contribution < 1.29 is 14.6 Å². The molecule has 2 aromatic rings. The zero-order chi connectivity index (χ0) is 15.5. The molecular formula is C14H15ClN4O3. The molecule has 22 heavy (non-hydrogen) atoms. The van der Waals surface area contributed by atoms with Gasteiger partial charge >= 0.3 is 0 Å². The van der Waals surface area contributed by atoms with E-state index >= 15 is 0 Å². The third-order valence-corrected chi connectivity index (χ3v) is 4.28. The van der Waals surface area contributed by atoms with Crippen molar-refractivity contribution in [1.82, 2.24) is 19.5 Å². The lowest BCUT2D eigenvalue weighted by Gasteiger charge is -2.19. The van der Waals surface area contributed by atoms with Gasteiger partial charge in [0.15, 0.2) is 16.6 Å². The van der Waals surface area contributed by atoms with Crippen molar-refractivity contribution in [3.05, 3.63) is 23.9 Å². The Morgan fingerprint density at radius 1 is 1.32 bits per heavy atom. The maximum Gasteiger partial charge on any atom is 0.169 e. The molecule has 7 nitrogen and oxygen atoms in total. The lowest BCUT2D eigenvalue weighted by molar-refractivity contribution is -0.148. The summed E-state index contributed by atoms with van der Waals surface area (Å²) in [5, 5.41) is 9.91. The van der Waals surface area contributed by atoms with Gasteiger partial charge in [-0.25, -0.2) is 15.0 Å². The summed E-state index contributed by atoms with van der Waals surface area (Å²) >= 11 is 6.05. The van der Waals surface area contributed by atoms with Crippen LogP contribution in [0.4, 0.5) is 0 Å². The van der Waals surface area contributed by atoms with Crippen LogP contribution in [0.2, 0.25) is 5.15 Å². The first-order valence-corrected chi connectivity index (χ1v) is 7.40. The monoisotopic (exact) mass is 322 g/mol. The summed E-state index contributed by atoms with van der Waals surface area (Å²) in [5.41, 5.74) is 2.00. The Morgan fingerprint density at radius 3 is 2.91 bits per heavy atom. The fourth-order valence-corrected chi connectivity index (χ4v) is 3.29. The Labute approximate surface area is 131 Å². The normalized spacial score (nSPS) is 29.8. The van der Waals surface area contributed by atoms with Gasteiger partial charge in [0, 0.05) is 5.92 Å². The minimum absolute atomic E-state index is 0.00746. The quantitative estimate of drug-likeness (QED) is 0.843. The van der Waals surface area contributed by atoms with Gasteiger partial charge in [0.2, 0.25) is 0 Å². The van der Waals surface area contributed by atoms with E-state index in [-0.39, 0.29) is 24.7 Å². The highest BCUT2D eigenvalue weighted by Crippen LogP contribution is 2.43. The van der Waals surface area contributed by atoms with Crippen LogP contribution in [0.5, 0.6) is 0 Å². The molecule has 1 N–H and O–H groups in total. The summed E-state index contributed by atoms with van der Waals surface area (Å²) in [5.74, 6) is -0.817. The van der Waals surface area contributed by atoms with Crippen LogP contribution in [0.1, 0.15) is 13.8 Å². The Balaban J connectivity index is 1.82. The SMILES string of the molecule is CC1(C)O[C@@H]2[C@@H](CO)C=C(n3cnc4c(Cl)ncnc43)[C@@H]2O1. The predicted octanol–water partition coefficient (Wildman–Crippen LogP) is 1.46.